The second-order valence-electron chi connectivity index (χ2n) is 7.98. The summed E-state index contributed by atoms with van der Waals surface area (Å²) in [4.78, 5) is 31.9. The molecular weight excluding hydrogens is 452 g/mol. The first kappa shape index (κ1) is 23.7. The maximum absolute atomic E-state index is 13.3. The Labute approximate surface area is 202 Å². The second kappa shape index (κ2) is 11.6. The van der Waals surface area contributed by atoms with Crippen LogP contribution in [0.5, 0.6) is 5.75 Å². The lowest BCUT2D eigenvalue weighted by Crippen LogP contribution is -2.42. The van der Waals surface area contributed by atoms with Crippen molar-refractivity contribution in [2.75, 3.05) is 32.1 Å². The van der Waals surface area contributed by atoms with E-state index in [0.717, 1.165) is 36.4 Å². The summed E-state index contributed by atoms with van der Waals surface area (Å²) >= 11 is 1.33. The molecule has 8 nitrogen and oxygen atoms in total. The molecule has 1 unspecified atom stereocenters. The highest BCUT2D eigenvalue weighted by Gasteiger charge is 2.23. The normalized spacial score (nSPS) is 15.0. The van der Waals surface area contributed by atoms with Gasteiger partial charge >= 0.3 is 0 Å². The lowest BCUT2D eigenvalue weighted by molar-refractivity contribution is -0.122. The predicted molar refractivity (Wildman–Crippen MR) is 132 cm³/mol. The number of methoxy groups -OCH3 is 1. The number of hydrogen-bond acceptors (Lipinski definition) is 7. The van der Waals surface area contributed by atoms with Gasteiger partial charge in [0.05, 0.1) is 13.2 Å². The van der Waals surface area contributed by atoms with Crippen LogP contribution in [0.4, 0.5) is 10.8 Å². The molecule has 0 aliphatic carbocycles. The average molecular weight is 481 g/mol. The van der Waals surface area contributed by atoms with E-state index in [4.69, 9.17) is 9.47 Å². The topological polar surface area (TPSA) is 92.8 Å². The van der Waals surface area contributed by atoms with Gasteiger partial charge in [-0.15, -0.1) is 11.3 Å². The maximum atomic E-state index is 13.3. The number of hydrogen-bond donors (Lipinski definition) is 2. The zero-order valence-corrected chi connectivity index (χ0v) is 19.8. The van der Waals surface area contributed by atoms with Gasteiger partial charge in [-0.2, -0.15) is 0 Å². The molecule has 3 aromatic rings. The van der Waals surface area contributed by atoms with E-state index in [-0.39, 0.29) is 24.5 Å². The van der Waals surface area contributed by atoms with E-state index >= 15 is 0 Å². The molecule has 178 valence electrons. The zero-order valence-electron chi connectivity index (χ0n) is 19.0. The van der Waals surface area contributed by atoms with Crippen LogP contribution in [0.1, 0.15) is 28.9 Å². The fourth-order valence-corrected chi connectivity index (χ4v) is 4.36. The van der Waals surface area contributed by atoms with Crippen molar-refractivity contribution in [3.05, 3.63) is 71.2 Å². The number of nitrogens with zero attached hydrogens (tertiary/aromatic N) is 2. The van der Waals surface area contributed by atoms with Gasteiger partial charge in [0, 0.05) is 30.8 Å². The van der Waals surface area contributed by atoms with Crippen molar-refractivity contribution in [2.45, 2.75) is 25.5 Å². The molecule has 0 radical (unpaired) electrons. The highest BCUT2D eigenvalue weighted by atomic mass is 32.1. The van der Waals surface area contributed by atoms with E-state index in [1.165, 1.54) is 16.2 Å². The molecule has 34 heavy (non-hydrogen) atoms. The van der Waals surface area contributed by atoms with Crippen molar-refractivity contribution in [3.63, 3.8) is 0 Å². The Morgan fingerprint density at radius 2 is 1.97 bits per heavy atom. The number of aromatic nitrogens is 1. The highest BCUT2D eigenvalue weighted by molar-refractivity contribution is 7.14. The minimum absolute atomic E-state index is 0.0485. The molecule has 1 aromatic heterocycles. The van der Waals surface area contributed by atoms with Crippen LogP contribution in [0.3, 0.4) is 0 Å². The lowest BCUT2D eigenvalue weighted by Gasteiger charge is -2.22. The quantitative estimate of drug-likeness (QED) is 0.458. The van der Waals surface area contributed by atoms with Crippen LogP contribution in [0.25, 0.3) is 0 Å². The van der Waals surface area contributed by atoms with Crippen molar-refractivity contribution in [1.82, 2.24) is 15.2 Å². The molecule has 2 amide bonds. The molecule has 2 aromatic carbocycles. The molecule has 0 saturated carbocycles. The summed E-state index contributed by atoms with van der Waals surface area (Å²) in [6, 6.07) is 17.1. The first-order chi connectivity index (χ1) is 16.6. The Hall–Kier alpha value is -3.43. The van der Waals surface area contributed by atoms with Crippen molar-refractivity contribution < 1.29 is 19.1 Å². The van der Waals surface area contributed by atoms with Crippen LogP contribution in [-0.4, -0.2) is 54.6 Å². The molecule has 1 aliphatic rings. The molecule has 4 rings (SSSR count). The fraction of sp³-hybridized carbons (Fsp3) is 0.320. The predicted octanol–water partition coefficient (Wildman–Crippen LogP) is 3.83. The van der Waals surface area contributed by atoms with Gasteiger partial charge in [-0.3, -0.25) is 9.59 Å². The van der Waals surface area contributed by atoms with E-state index < -0.39 is 0 Å². The summed E-state index contributed by atoms with van der Waals surface area (Å²) in [5.74, 6) is 0.247. The molecule has 0 bridgehead atoms. The average Bonchev–Trinajstić information content (AvgIpc) is 3.55. The van der Waals surface area contributed by atoms with Gasteiger partial charge in [-0.05, 0) is 42.7 Å². The van der Waals surface area contributed by atoms with Gasteiger partial charge in [0.15, 0.2) is 5.13 Å². The third-order valence-corrected chi connectivity index (χ3v) is 6.21. The maximum Gasteiger partial charge on any atom is 0.274 e. The van der Waals surface area contributed by atoms with Crippen LogP contribution in [0, 0.1) is 0 Å². The molecule has 2 heterocycles. The van der Waals surface area contributed by atoms with Crippen molar-refractivity contribution >= 4 is 34.0 Å². The Morgan fingerprint density at radius 3 is 2.68 bits per heavy atom. The molecular formula is C25H28N4O4S. The second-order valence-corrected chi connectivity index (χ2v) is 8.84. The number of rotatable bonds is 10. The largest absolute Gasteiger partial charge is 0.497 e. The number of amides is 2. The smallest absolute Gasteiger partial charge is 0.274 e. The van der Waals surface area contributed by atoms with Crippen molar-refractivity contribution in [2.24, 2.45) is 0 Å². The summed E-state index contributed by atoms with van der Waals surface area (Å²) < 4.78 is 10.7. The Bertz CT molecular complexity index is 1080. The summed E-state index contributed by atoms with van der Waals surface area (Å²) in [7, 11) is 1.62. The third kappa shape index (κ3) is 6.55. The Kier molecular flexibility index (Phi) is 8.11. The molecule has 1 atom stereocenters. The number of carbonyl (C=O) groups is 2. The van der Waals surface area contributed by atoms with Gasteiger partial charge in [0.1, 0.15) is 18.0 Å². The first-order valence-electron chi connectivity index (χ1n) is 11.2. The van der Waals surface area contributed by atoms with Crippen LogP contribution in [0.15, 0.2) is 60.0 Å². The Morgan fingerprint density at radius 1 is 1.18 bits per heavy atom. The summed E-state index contributed by atoms with van der Waals surface area (Å²) in [5, 5.41) is 8.39. The van der Waals surface area contributed by atoms with Gasteiger partial charge in [0.2, 0.25) is 5.91 Å². The minimum atomic E-state index is -0.296. The third-order valence-electron chi connectivity index (χ3n) is 5.45. The van der Waals surface area contributed by atoms with Crippen LogP contribution >= 0.6 is 11.3 Å². The minimum Gasteiger partial charge on any atom is -0.497 e. The van der Waals surface area contributed by atoms with E-state index in [9.17, 15) is 9.59 Å². The lowest BCUT2D eigenvalue weighted by atomic mass is 10.2. The summed E-state index contributed by atoms with van der Waals surface area (Å²) in [6.07, 6.45) is 2.00. The molecule has 9 heteroatoms. The van der Waals surface area contributed by atoms with E-state index in [0.29, 0.717) is 23.9 Å². The molecule has 1 fully saturated rings. The number of carbonyl (C=O) groups excluding carboxylic acids is 2. The van der Waals surface area contributed by atoms with Gasteiger partial charge in [0.25, 0.3) is 5.91 Å². The summed E-state index contributed by atoms with van der Waals surface area (Å²) in [6.45, 7) is 1.44. The Balaban J connectivity index is 1.42. The van der Waals surface area contributed by atoms with E-state index in [2.05, 4.69) is 15.6 Å². The monoisotopic (exact) mass is 480 g/mol. The van der Waals surface area contributed by atoms with Gasteiger partial charge in [-0.25, -0.2) is 4.98 Å². The molecule has 1 saturated heterocycles. The SMILES string of the molecule is COc1ccc(Nc2nc(C(=O)N(CC(=O)NCC3CCCO3)Cc3ccccc3)cs2)cc1. The standard InChI is InChI=1S/C25H28N4O4S/c1-32-20-11-9-19(10-12-20)27-25-28-22(17-34-25)24(31)29(15-18-6-3-2-4-7-18)16-23(30)26-14-21-8-5-13-33-21/h2-4,6-7,9-12,17,21H,5,8,13-16H2,1H3,(H,26,30)(H,27,28). The van der Waals surface area contributed by atoms with Crippen molar-refractivity contribution in [1.29, 1.82) is 0 Å². The highest BCUT2D eigenvalue weighted by Crippen LogP contribution is 2.24. The number of nitrogens with one attached hydrogen (secondary N) is 2. The van der Waals surface area contributed by atoms with E-state index in [1.807, 2.05) is 54.6 Å². The van der Waals surface area contributed by atoms with Crippen LogP contribution in [0.2, 0.25) is 0 Å². The van der Waals surface area contributed by atoms with Crippen molar-refractivity contribution in [3.8, 4) is 5.75 Å². The van der Waals surface area contributed by atoms with Gasteiger partial charge in [-0.1, -0.05) is 30.3 Å². The fourth-order valence-electron chi connectivity index (χ4n) is 3.65. The first-order valence-corrected chi connectivity index (χ1v) is 12.1. The van der Waals surface area contributed by atoms with Crippen LogP contribution < -0.4 is 15.4 Å². The van der Waals surface area contributed by atoms with Crippen LogP contribution in [-0.2, 0) is 16.1 Å². The zero-order chi connectivity index (χ0) is 23.8. The number of thiazole rings is 1. The molecule has 1 aliphatic heterocycles. The summed E-state index contributed by atoms with van der Waals surface area (Å²) in [5.41, 5.74) is 2.07. The number of ether oxygens (including phenoxy) is 2. The van der Waals surface area contributed by atoms with Gasteiger partial charge < -0.3 is 25.0 Å². The molecule has 0 spiro atoms. The number of benzene rings is 2. The number of anilines is 2. The molecule has 2 N–H and O–H groups in total. The van der Waals surface area contributed by atoms with E-state index in [1.54, 1.807) is 12.5 Å².